The Morgan fingerprint density at radius 1 is 1.26 bits per heavy atom. The molecule has 2 amide bonds. The molecule has 8 nitrogen and oxygen atoms in total. The molecule has 1 saturated heterocycles. The highest BCUT2D eigenvalue weighted by molar-refractivity contribution is 7.93. The highest BCUT2D eigenvalue weighted by Gasteiger charge is 2.38. The summed E-state index contributed by atoms with van der Waals surface area (Å²) in [5.74, 6) is -2.11. The largest absolute Gasteiger partial charge is 0.494 e. The third-order valence-corrected chi connectivity index (χ3v) is 6.70. The molecule has 2 aromatic carbocycles. The van der Waals surface area contributed by atoms with Crippen molar-refractivity contribution in [3.05, 3.63) is 59.9 Å². The topological polar surface area (TPSA) is 93.2 Å². The second-order valence-corrected chi connectivity index (χ2v) is 8.86. The van der Waals surface area contributed by atoms with Gasteiger partial charge in [-0.25, -0.2) is 21.9 Å². The molecule has 0 bridgehead atoms. The first-order chi connectivity index (χ1) is 14.8. The molecule has 10 heteroatoms. The lowest BCUT2D eigenvalue weighted by Crippen LogP contribution is -2.45. The van der Waals surface area contributed by atoms with Gasteiger partial charge in [0.2, 0.25) is 10.0 Å². The van der Waals surface area contributed by atoms with Crippen molar-refractivity contribution in [1.29, 1.82) is 0 Å². The number of methoxy groups -OCH3 is 1. The maximum absolute atomic E-state index is 14.3. The standard InChI is InChI=1S/C21H23FN2O6S/c1-3-11-31(27,28)24(16-9-10-19(29-2)17(22)12-16)20(25)13-23-18(14-30-21(23)26)15-7-5-4-6-8-15/h4-10,12,18H,3,11,13-14H2,1-2H3/t18-/m1/s1. The normalized spacial score (nSPS) is 16.2. The van der Waals surface area contributed by atoms with Crippen LogP contribution in [0.3, 0.4) is 0 Å². The lowest BCUT2D eigenvalue weighted by Gasteiger charge is -2.27. The molecule has 3 rings (SSSR count). The predicted octanol–water partition coefficient (Wildman–Crippen LogP) is 3.10. The van der Waals surface area contributed by atoms with E-state index < -0.39 is 40.4 Å². The van der Waals surface area contributed by atoms with Crippen molar-refractivity contribution in [1.82, 2.24) is 4.90 Å². The van der Waals surface area contributed by atoms with E-state index in [-0.39, 0.29) is 30.2 Å². The summed E-state index contributed by atoms with van der Waals surface area (Å²) in [6, 6.07) is 11.9. The van der Waals surface area contributed by atoms with Gasteiger partial charge in [-0.2, -0.15) is 0 Å². The van der Waals surface area contributed by atoms with Gasteiger partial charge < -0.3 is 9.47 Å². The number of benzene rings is 2. The molecule has 1 fully saturated rings. The Bertz CT molecular complexity index is 1060. The number of ether oxygens (including phenoxy) is 2. The highest BCUT2D eigenvalue weighted by Crippen LogP contribution is 2.30. The van der Waals surface area contributed by atoms with Gasteiger partial charge in [0.25, 0.3) is 5.91 Å². The van der Waals surface area contributed by atoms with Crippen LogP contribution in [0.15, 0.2) is 48.5 Å². The molecular weight excluding hydrogens is 427 g/mol. The van der Waals surface area contributed by atoms with Gasteiger partial charge in [-0.05, 0) is 24.1 Å². The van der Waals surface area contributed by atoms with E-state index in [0.717, 1.165) is 11.6 Å². The molecule has 0 aromatic heterocycles. The highest BCUT2D eigenvalue weighted by atomic mass is 32.2. The minimum absolute atomic E-state index is 0.0367. The molecule has 1 aliphatic rings. The maximum Gasteiger partial charge on any atom is 0.410 e. The Labute approximate surface area is 180 Å². The Balaban J connectivity index is 1.95. The lowest BCUT2D eigenvalue weighted by atomic mass is 10.1. The number of nitrogens with zero attached hydrogens (tertiary/aromatic N) is 2. The SMILES string of the molecule is CCCS(=O)(=O)N(C(=O)CN1C(=O)OC[C@@H]1c1ccccc1)c1ccc(OC)c(F)c1. The van der Waals surface area contributed by atoms with Gasteiger partial charge in [-0.1, -0.05) is 37.3 Å². The van der Waals surface area contributed by atoms with Crippen LogP contribution in [-0.2, 0) is 19.6 Å². The van der Waals surface area contributed by atoms with E-state index in [0.29, 0.717) is 4.31 Å². The van der Waals surface area contributed by atoms with Crippen LogP contribution in [0.4, 0.5) is 14.9 Å². The lowest BCUT2D eigenvalue weighted by molar-refractivity contribution is -0.118. The first-order valence-electron chi connectivity index (χ1n) is 9.66. The van der Waals surface area contributed by atoms with E-state index in [9.17, 15) is 22.4 Å². The van der Waals surface area contributed by atoms with Crippen molar-refractivity contribution in [2.75, 3.05) is 30.3 Å². The van der Waals surface area contributed by atoms with E-state index >= 15 is 0 Å². The van der Waals surface area contributed by atoms with Crippen molar-refractivity contribution >= 4 is 27.7 Å². The monoisotopic (exact) mass is 450 g/mol. The van der Waals surface area contributed by atoms with Crippen LogP contribution in [0.5, 0.6) is 5.75 Å². The molecule has 31 heavy (non-hydrogen) atoms. The van der Waals surface area contributed by atoms with Crippen molar-refractivity contribution in [3.8, 4) is 5.75 Å². The summed E-state index contributed by atoms with van der Waals surface area (Å²) in [5, 5.41) is 0. The molecule has 0 spiro atoms. The first kappa shape index (κ1) is 22.5. The number of amides is 2. The quantitative estimate of drug-likeness (QED) is 0.614. The Morgan fingerprint density at radius 3 is 2.58 bits per heavy atom. The zero-order valence-electron chi connectivity index (χ0n) is 17.2. The first-order valence-corrected chi connectivity index (χ1v) is 11.3. The van der Waals surface area contributed by atoms with Crippen molar-refractivity contribution in [2.45, 2.75) is 19.4 Å². The third-order valence-electron chi connectivity index (χ3n) is 4.80. The summed E-state index contributed by atoms with van der Waals surface area (Å²) in [7, 11) is -2.83. The molecule has 0 aliphatic carbocycles. The molecule has 0 unspecified atom stereocenters. The van der Waals surface area contributed by atoms with Crippen LogP contribution in [0.2, 0.25) is 0 Å². The number of hydrogen-bond acceptors (Lipinski definition) is 6. The fourth-order valence-corrected chi connectivity index (χ4v) is 4.88. The molecule has 166 valence electrons. The van der Waals surface area contributed by atoms with Gasteiger partial charge in [0, 0.05) is 6.07 Å². The van der Waals surface area contributed by atoms with Gasteiger partial charge >= 0.3 is 6.09 Å². The smallest absolute Gasteiger partial charge is 0.410 e. The molecular formula is C21H23FN2O6S. The fraction of sp³-hybridized carbons (Fsp3) is 0.333. The van der Waals surface area contributed by atoms with Crippen LogP contribution in [0.1, 0.15) is 24.9 Å². The number of rotatable bonds is 8. The van der Waals surface area contributed by atoms with Gasteiger partial charge in [-0.15, -0.1) is 0 Å². The molecule has 1 aliphatic heterocycles. The Kier molecular flexibility index (Phi) is 6.79. The summed E-state index contributed by atoms with van der Waals surface area (Å²) in [6.45, 7) is 1.14. The number of anilines is 1. The molecule has 1 atom stereocenters. The van der Waals surface area contributed by atoms with E-state index in [2.05, 4.69) is 0 Å². The maximum atomic E-state index is 14.3. The third kappa shape index (κ3) is 4.79. The number of cyclic esters (lactones) is 1. The minimum atomic E-state index is -4.10. The second-order valence-electron chi connectivity index (χ2n) is 6.92. The fourth-order valence-electron chi connectivity index (χ4n) is 3.38. The minimum Gasteiger partial charge on any atom is -0.494 e. The average molecular weight is 450 g/mol. The summed E-state index contributed by atoms with van der Waals surface area (Å²) in [5.41, 5.74) is 0.584. The number of carbonyl (C=O) groups excluding carboxylic acids is 2. The molecule has 0 radical (unpaired) electrons. The van der Waals surface area contributed by atoms with Crippen molar-refractivity contribution < 1.29 is 31.9 Å². The summed E-state index contributed by atoms with van der Waals surface area (Å²) >= 11 is 0. The van der Waals surface area contributed by atoms with Crippen molar-refractivity contribution in [2.24, 2.45) is 0 Å². The van der Waals surface area contributed by atoms with Gasteiger partial charge in [0.15, 0.2) is 11.6 Å². The van der Waals surface area contributed by atoms with Crippen LogP contribution in [-0.4, -0.2) is 51.3 Å². The van der Waals surface area contributed by atoms with Crippen LogP contribution in [0, 0.1) is 5.82 Å². The van der Waals surface area contributed by atoms with Gasteiger partial charge in [0.1, 0.15) is 13.2 Å². The number of carbonyl (C=O) groups is 2. The van der Waals surface area contributed by atoms with E-state index in [1.165, 1.54) is 24.1 Å². The molecule has 0 N–H and O–H groups in total. The van der Waals surface area contributed by atoms with Crippen LogP contribution in [0.25, 0.3) is 0 Å². The Morgan fingerprint density at radius 2 is 1.97 bits per heavy atom. The zero-order valence-corrected chi connectivity index (χ0v) is 18.0. The molecule has 1 heterocycles. The van der Waals surface area contributed by atoms with Crippen molar-refractivity contribution in [3.63, 3.8) is 0 Å². The number of hydrogen-bond donors (Lipinski definition) is 0. The average Bonchev–Trinajstić information content (AvgIpc) is 3.09. The van der Waals surface area contributed by atoms with E-state index in [1.54, 1.807) is 31.2 Å². The molecule has 0 saturated carbocycles. The predicted molar refractivity (Wildman–Crippen MR) is 112 cm³/mol. The summed E-state index contributed by atoms with van der Waals surface area (Å²) in [6.07, 6.45) is -0.473. The number of sulfonamides is 1. The number of halogens is 1. The van der Waals surface area contributed by atoms with Gasteiger partial charge in [0.05, 0.1) is 24.6 Å². The van der Waals surface area contributed by atoms with Crippen LogP contribution < -0.4 is 9.04 Å². The van der Waals surface area contributed by atoms with E-state index in [4.69, 9.17) is 9.47 Å². The second kappa shape index (κ2) is 9.34. The zero-order chi connectivity index (χ0) is 22.6. The van der Waals surface area contributed by atoms with E-state index in [1.807, 2.05) is 6.07 Å². The summed E-state index contributed by atoms with van der Waals surface area (Å²) in [4.78, 5) is 26.6. The van der Waals surface area contributed by atoms with Gasteiger partial charge in [-0.3, -0.25) is 9.69 Å². The Hall–Kier alpha value is -3.14. The molecule has 2 aromatic rings. The summed E-state index contributed by atoms with van der Waals surface area (Å²) < 4.78 is 50.5. The van der Waals surface area contributed by atoms with Crippen LogP contribution >= 0.6 is 0 Å².